The lowest BCUT2D eigenvalue weighted by atomic mass is 9.89. The lowest BCUT2D eigenvalue weighted by Crippen LogP contribution is -2.53. The summed E-state index contributed by atoms with van der Waals surface area (Å²) in [6.45, 7) is 3.02. The van der Waals surface area contributed by atoms with Crippen molar-refractivity contribution in [2.45, 2.75) is 19.0 Å². The van der Waals surface area contributed by atoms with Crippen molar-refractivity contribution in [3.8, 4) is 0 Å². The number of nitrogens with one attached hydrogen (secondary N) is 1. The lowest BCUT2D eigenvalue weighted by molar-refractivity contribution is 0.0891. The maximum Gasteiger partial charge on any atom is 0.160 e. The molecule has 0 amide bonds. The van der Waals surface area contributed by atoms with Gasteiger partial charge in [-0.1, -0.05) is 31.2 Å². The van der Waals surface area contributed by atoms with Gasteiger partial charge in [0.1, 0.15) is 0 Å². The molecule has 1 N–H and O–H groups in total. The van der Waals surface area contributed by atoms with E-state index in [1.165, 1.54) is 5.56 Å². The van der Waals surface area contributed by atoms with Crippen molar-refractivity contribution >= 4 is 0 Å². The third kappa shape index (κ3) is 1.46. The van der Waals surface area contributed by atoms with Crippen LogP contribution >= 0.6 is 0 Å². The van der Waals surface area contributed by atoms with Gasteiger partial charge in [0, 0.05) is 13.1 Å². The van der Waals surface area contributed by atoms with E-state index in [0.717, 1.165) is 12.0 Å². The Balaban J connectivity index is 2.22. The Labute approximate surface area is 78.0 Å². The molecule has 2 heteroatoms. The van der Waals surface area contributed by atoms with E-state index < -0.39 is 5.67 Å². The van der Waals surface area contributed by atoms with Gasteiger partial charge in [-0.25, -0.2) is 4.39 Å². The molecule has 2 rings (SSSR count). The van der Waals surface area contributed by atoms with Crippen molar-refractivity contribution in [1.29, 1.82) is 0 Å². The van der Waals surface area contributed by atoms with Gasteiger partial charge in [-0.3, -0.25) is 0 Å². The summed E-state index contributed by atoms with van der Waals surface area (Å²) in [6.07, 6.45) is 1.01. The second kappa shape index (κ2) is 3.11. The highest BCUT2D eigenvalue weighted by Gasteiger charge is 2.38. The average Bonchev–Trinajstić information content (AvgIpc) is 2.14. The molecule has 1 aromatic carbocycles. The summed E-state index contributed by atoms with van der Waals surface area (Å²) in [5.41, 5.74) is 0.967. The molecular weight excluding hydrogens is 165 g/mol. The van der Waals surface area contributed by atoms with Crippen LogP contribution in [0, 0.1) is 0 Å². The van der Waals surface area contributed by atoms with Crippen LogP contribution < -0.4 is 5.32 Å². The zero-order valence-corrected chi connectivity index (χ0v) is 7.81. The van der Waals surface area contributed by atoms with E-state index in [4.69, 9.17) is 0 Å². The number of hydrogen-bond acceptors (Lipinski definition) is 1. The predicted octanol–water partition coefficient (Wildman–Crippen LogP) is 2.02. The summed E-state index contributed by atoms with van der Waals surface area (Å²) in [7, 11) is 0. The zero-order valence-electron chi connectivity index (χ0n) is 7.81. The maximum absolute atomic E-state index is 13.8. The van der Waals surface area contributed by atoms with Gasteiger partial charge in [0.05, 0.1) is 0 Å². The van der Waals surface area contributed by atoms with Crippen molar-refractivity contribution < 1.29 is 4.39 Å². The summed E-state index contributed by atoms with van der Waals surface area (Å²) in [6, 6.07) is 7.82. The highest BCUT2D eigenvalue weighted by Crippen LogP contribution is 2.29. The molecule has 1 aliphatic heterocycles. The Kier molecular flexibility index (Phi) is 2.08. The van der Waals surface area contributed by atoms with Crippen LogP contribution in [0.3, 0.4) is 0 Å². The fraction of sp³-hybridized carbons (Fsp3) is 0.455. The van der Waals surface area contributed by atoms with Gasteiger partial charge in [0.25, 0.3) is 0 Å². The molecule has 0 bridgehead atoms. The molecular formula is C11H14FN. The van der Waals surface area contributed by atoms with Crippen LogP contribution in [0.1, 0.15) is 18.1 Å². The molecule has 1 aliphatic rings. The molecule has 0 aliphatic carbocycles. The molecule has 0 radical (unpaired) electrons. The smallest absolute Gasteiger partial charge is 0.160 e. The molecule has 1 saturated heterocycles. The SMILES string of the molecule is CCc1ccc(C2(F)CNC2)cc1. The zero-order chi connectivity index (χ0) is 9.31. The molecule has 1 heterocycles. The van der Waals surface area contributed by atoms with Crippen molar-refractivity contribution in [2.75, 3.05) is 13.1 Å². The lowest BCUT2D eigenvalue weighted by Gasteiger charge is -2.35. The molecule has 1 aromatic rings. The van der Waals surface area contributed by atoms with Gasteiger partial charge in [0.15, 0.2) is 5.67 Å². The van der Waals surface area contributed by atoms with Crippen LogP contribution in [-0.4, -0.2) is 13.1 Å². The van der Waals surface area contributed by atoms with Crippen LogP contribution in [0.5, 0.6) is 0 Å². The first-order valence-corrected chi connectivity index (χ1v) is 4.74. The number of aryl methyl sites for hydroxylation is 1. The standard InChI is InChI=1S/C11H14FN/c1-2-9-3-5-10(6-4-9)11(12)7-13-8-11/h3-6,13H,2,7-8H2,1H3. The Morgan fingerprint density at radius 1 is 1.31 bits per heavy atom. The van der Waals surface area contributed by atoms with Crippen molar-refractivity contribution in [3.05, 3.63) is 35.4 Å². The first-order valence-electron chi connectivity index (χ1n) is 4.74. The molecule has 0 aromatic heterocycles. The summed E-state index contributed by atoms with van der Waals surface area (Å²) in [4.78, 5) is 0. The minimum Gasteiger partial charge on any atom is -0.310 e. The minimum absolute atomic E-state index is 0.457. The Hall–Kier alpha value is -0.890. The van der Waals surface area contributed by atoms with Crippen LogP contribution in [0.4, 0.5) is 4.39 Å². The molecule has 13 heavy (non-hydrogen) atoms. The molecule has 1 fully saturated rings. The van der Waals surface area contributed by atoms with E-state index in [-0.39, 0.29) is 0 Å². The van der Waals surface area contributed by atoms with E-state index in [9.17, 15) is 4.39 Å². The average molecular weight is 179 g/mol. The fourth-order valence-electron chi connectivity index (χ4n) is 1.59. The number of benzene rings is 1. The normalized spacial score (nSPS) is 19.5. The summed E-state index contributed by atoms with van der Waals surface area (Å²) < 4.78 is 13.8. The largest absolute Gasteiger partial charge is 0.310 e. The minimum atomic E-state index is -1.10. The first kappa shape index (κ1) is 8.70. The second-order valence-electron chi connectivity index (χ2n) is 3.62. The third-order valence-corrected chi connectivity index (χ3v) is 2.69. The fourth-order valence-corrected chi connectivity index (χ4v) is 1.59. The van der Waals surface area contributed by atoms with Crippen LogP contribution in [0.25, 0.3) is 0 Å². The van der Waals surface area contributed by atoms with E-state index in [0.29, 0.717) is 13.1 Å². The number of rotatable bonds is 2. The van der Waals surface area contributed by atoms with E-state index in [1.54, 1.807) is 0 Å². The maximum atomic E-state index is 13.8. The van der Waals surface area contributed by atoms with E-state index in [2.05, 4.69) is 12.2 Å². The van der Waals surface area contributed by atoms with Crippen LogP contribution in [0.2, 0.25) is 0 Å². The predicted molar refractivity (Wildman–Crippen MR) is 51.5 cm³/mol. The van der Waals surface area contributed by atoms with Gasteiger partial charge in [-0.15, -0.1) is 0 Å². The molecule has 0 spiro atoms. The summed E-state index contributed by atoms with van der Waals surface area (Å²) in [5.74, 6) is 0. The van der Waals surface area contributed by atoms with Gasteiger partial charge < -0.3 is 5.32 Å². The Morgan fingerprint density at radius 2 is 1.92 bits per heavy atom. The Bertz CT molecular complexity index is 287. The topological polar surface area (TPSA) is 12.0 Å². The molecule has 0 atom stereocenters. The number of alkyl halides is 1. The monoisotopic (exact) mass is 179 g/mol. The molecule has 0 saturated carbocycles. The molecule has 1 nitrogen and oxygen atoms in total. The van der Waals surface area contributed by atoms with Gasteiger partial charge in [0.2, 0.25) is 0 Å². The van der Waals surface area contributed by atoms with Gasteiger partial charge in [-0.05, 0) is 17.5 Å². The van der Waals surface area contributed by atoms with Crippen molar-refractivity contribution in [2.24, 2.45) is 0 Å². The summed E-state index contributed by atoms with van der Waals surface area (Å²) >= 11 is 0. The van der Waals surface area contributed by atoms with Crippen LogP contribution in [0.15, 0.2) is 24.3 Å². The van der Waals surface area contributed by atoms with Crippen molar-refractivity contribution in [1.82, 2.24) is 5.32 Å². The van der Waals surface area contributed by atoms with Crippen LogP contribution in [-0.2, 0) is 12.1 Å². The second-order valence-corrected chi connectivity index (χ2v) is 3.62. The number of halogens is 1. The molecule has 0 unspecified atom stereocenters. The molecule has 70 valence electrons. The highest BCUT2D eigenvalue weighted by molar-refractivity contribution is 5.29. The van der Waals surface area contributed by atoms with Gasteiger partial charge in [-0.2, -0.15) is 0 Å². The summed E-state index contributed by atoms with van der Waals surface area (Å²) in [5, 5.41) is 2.95. The van der Waals surface area contributed by atoms with Gasteiger partial charge >= 0.3 is 0 Å². The third-order valence-electron chi connectivity index (χ3n) is 2.69. The first-order chi connectivity index (χ1) is 6.24. The van der Waals surface area contributed by atoms with Crippen molar-refractivity contribution in [3.63, 3.8) is 0 Å². The van der Waals surface area contributed by atoms with E-state index in [1.807, 2.05) is 24.3 Å². The quantitative estimate of drug-likeness (QED) is 0.732. The van der Waals surface area contributed by atoms with E-state index >= 15 is 0 Å². The number of hydrogen-bond donors (Lipinski definition) is 1. The highest BCUT2D eigenvalue weighted by atomic mass is 19.1. The Morgan fingerprint density at radius 3 is 2.31 bits per heavy atom.